The smallest absolute Gasteiger partial charge is 0.238 e. The molecule has 9 nitrogen and oxygen atoms in total. The molecule has 2 aromatic carbocycles. The van der Waals surface area contributed by atoms with Crippen LogP contribution in [0.25, 0.3) is 11.0 Å². The summed E-state index contributed by atoms with van der Waals surface area (Å²) in [7, 11) is -3.67. The lowest BCUT2D eigenvalue weighted by Gasteiger charge is -2.28. The van der Waals surface area contributed by atoms with Crippen molar-refractivity contribution < 1.29 is 12.9 Å². The van der Waals surface area contributed by atoms with E-state index in [-0.39, 0.29) is 5.75 Å². The molecule has 0 unspecified atom stereocenters. The third-order valence-corrected chi connectivity index (χ3v) is 6.91. The fraction of sp³-hybridized carbons (Fsp3) is 0.292. The van der Waals surface area contributed by atoms with E-state index in [1.54, 1.807) is 36.4 Å². The lowest BCUT2D eigenvalue weighted by molar-refractivity contribution is 0.448. The van der Waals surface area contributed by atoms with Crippen molar-refractivity contribution in [3.8, 4) is 0 Å². The van der Waals surface area contributed by atoms with Crippen molar-refractivity contribution in [1.82, 2.24) is 15.1 Å². The molecule has 1 fully saturated rings. The minimum absolute atomic E-state index is 0.277. The molecule has 0 amide bonds. The summed E-state index contributed by atoms with van der Waals surface area (Å²) in [6, 6.07) is 16.2. The van der Waals surface area contributed by atoms with Crippen LogP contribution in [0.15, 0.2) is 59.1 Å². The summed E-state index contributed by atoms with van der Waals surface area (Å²) >= 11 is 0. The highest BCUT2D eigenvalue weighted by atomic mass is 32.2. The Kier molecular flexibility index (Phi) is 6.06. The van der Waals surface area contributed by atoms with Gasteiger partial charge in [-0.2, -0.15) is 4.98 Å². The SMILES string of the molecule is Cc1cc(N2CCCCC2)nc(Nc2ccc(NS(=O)(=O)Cc3noc4ccccc34)cc2)n1. The van der Waals surface area contributed by atoms with E-state index >= 15 is 0 Å². The van der Waals surface area contributed by atoms with Gasteiger partial charge in [-0.1, -0.05) is 17.3 Å². The summed E-state index contributed by atoms with van der Waals surface area (Å²) in [4.78, 5) is 11.5. The minimum Gasteiger partial charge on any atom is -0.356 e. The molecule has 176 valence electrons. The monoisotopic (exact) mass is 478 g/mol. The molecule has 34 heavy (non-hydrogen) atoms. The number of aryl methyl sites for hydroxylation is 1. The summed E-state index contributed by atoms with van der Waals surface area (Å²) in [5.74, 6) is 1.17. The van der Waals surface area contributed by atoms with Gasteiger partial charge in [0.25, 0.3) is 0 Å². The second-order valence-corrected chi connectivity index (χ2v) is 10.2. The lowest BCUT2D eigenvalue weighted by Crippen LogP contribution is -2.30. The van der Waals surface area contributed by atoms with Crippen molar-refractivity contribution in [2.75, 3.05) is 28.0 Å². The Labute approximate surface area is 198 Å². The molecular formula is C24H26N6O3S. The Morgan fingerprint density at radius 1 is 0.971 bits per heavy atom. The zero-order valence-corrected chi connectivity index (χ0v) is 19.7. The molecule has 0 bridgehead atoms. The van der Waals surface area contributed by atoms with Crippen LogP contribution in [0.4, 0.5) is 23.1 Å². The highest BCUT2D eigenvalue weighted by molar-refractivity contribution is 7.91. The van der Waals surface area contributed by atoms with Crippen molar-refractivity contribution in [2.24, 2.45) is 0 Å². The zero-order valence-electron chi connectivity index (χ0n) is 18.9. The largest absolute Gasteiger partial charge is 0.356 e. The number of anilines is 4. The average Bonchev–Trinajstić information content (AvgIpc) is 3.22. The Morgan fingerprint density at radius 3 is 2.50 bits per heavy atom. The fourth-order valence-electron chi connectivity index (χ4n) is 4.08. The van der Waals surface area contributed by atoms with Crippen LogP contribution in [0.2, 0.25) is 0 Å². The standard InChI is InChI=1S/C24H26N6O3S/c1-17-15-23(30-13-5-2-6-14-30)27-24(25-17)26-18-9-11-19(12-10-18)29-34(31,32)16-21-20-7-3-4-8-22(20)33-28-21/h3-4,7-12,15,29H,2,5-6,13-14,16H2,1H3,(H,25,26,27). The van der Waals surface area contributed by atoms with Crippen molar-refractivity contribution in [3.63, 3.8) is 0 Å². The summed E-state index contributed by atoms with van der Waals surface area (Å²) in [6.45, 7) is 3.97. The predicted octanol–water partition coefficient (Wildman–Crippen LogP) is 4.60. The number of sulfonamides is 1. The van der Waals surface area contributed by atoms with Gasteiger partial charge in [0, 0.05) is 41.6 Å². The number of para-hydroxylation sites is 1. The van der Waals surface area contributed by atoms with Gasteiger partial charge in [-0.25, -0.2) is 13.4 Å². The highest BCUT2D eigenvalue weighted by Crippen LogP contribution is 2.24. The first-order chi connectivity index (χ1) is 16.4. The quantitative estimate of drug-likeness (QED) is 0.396. The van der Waals surface area contributed by atoms with Crippen LogP contribution in [0, 0.1) is 6.92 Å². The molecule has 4 aromatic rings. The molecule has 0 atom stereocenters. The Balaban J connectivity index is 1.26. The summed E-state index contributed by atoms with van der Waals surface area (Å²) in [5.41, 5.74) is 3.05. The number of nitrogens with one attached hydrogen (secondary N) is 2. The van der Waals surface area contributed by atoms with Crippen molar-refractivity contribution in [1.29, 1.82) is 0 Å². The number of aromatic nitrogens is 3. The Bertz CT molecular complexity index is 1400. The third kappa shape index (κ3) is 5.12. The van der Waals surface area contributed by atoms with Gasteiger partial charge in [0.15, 0.2) is 5.58 Å². The molecule has 1 saturated heterocycles. The van der Waals surface area contributed by atoms with Crippen LogP contribution in [0.3, 0.4) is 0 Å². The maximum Gasteiger partial charge on any atom is 0.238 e. The number of hydrogen-bond donors (Lipinski definition) is 2. The molecule has 0 spiro atoms. The second kappa shape index (κ2) is 9.30. The van der Waals surface area contributed by atoms with Gasteiger partial charge in [0.1, 0.15) is 17.3 Å². The van der Waals surface area contributed by atoms with Gasteiger partial charge in [-0.05, 0) is 62.6 Å². The Hall–Kier alpha value is -3.66. The minimum atomic E-state index is -3.67. The van der Waals surface area contributed by atoms with Crippen LogP contribution in [0.5, 0.6) is 0 Å². The fourth-order valence-corrected chi connectivity index (χ4v) is 5.22. The van der Waals surface area contributed by atoms with E-state index in [1.807, 2.05) is 25.1 Å². The molecule has 3 heterocycles. The second-order valence-electron chi connectivity index (χ2n) is 8.43. The zero-order chi connectivity index (χ0) is 23.5. The molecule has 2 aromatic heterocycles. The van der Waals surface area contributed by atoms with Crippen LogP contribution in [0.1, 0.15) is 30.7 Å². The number of hydrogen-bond acceptors (Lipinski definition) is 8. The van der Waals surface area contributed by atoms with Gasteiger partial charge in [-0.3, -0.25) is 4.72 Å². The van der Waals surface area contributed by atoms with Gasteiger partial charge >= 0.3 is 0 Å². The lowest BCUT2D eigenvalue weighted by atomic mass is 10.1. The number of nitrogens with zero attached hydrogens (tertiary/aromatic N) is 4. The average molecular weight is 479 g/mol. The van der Waals surface area contributed by atoms with Gasteiger partial charge in [0.05, 0.1) is 0 Å². The molecule has 2 N–H and O–H groups in total. The third-order valence-electron chi connectivity index (χ3n) is 5.71. The molecule has 1 aliphatic rings. The Morgan fingerprint density at radius 2 is 1.71 bits per heavy atom. The van der Waals surface area contributed by atoms with Crippen LogP contribution >= 0.6 is 0 Å². The number of benzene rings is 2. The van der Waals surface area contributed by atoms with Crippen molar-refractivity contribution in [2.45, 2.75) is 31.9 Å². The molecular weight excluding hydrogens is 452 g/mol. The number of piperidine rings is 1. The van der Waals surface area contributed by atoms with Gasteiger partial charge in [0.2, 0.25) is 16.0 Å². The molecule has 5 rings (SSSR count). The first-order valence-corrected chi connectivity index (χ1v) is 12.9. The van der Waals surface area contributed by atoms with Crippen LogP contribution in [-0.4, -0.2) is 36.6 Å². The van der Waals surface area contributed by atoms with E-state index < -0.39 is 10.0 Å². The topological polar surface area (TPSA) is 113 Å². The highest BCUT2D eigenvalue weighted by Gasteiger charge is 2.18. The molecule has 0 radical (unpaired) electrons. The molecule has 1 aliphatic heterocycles. The first-order valence-electron chi connectivity index (χ1n) is 11.3. The normalized spacial score (nSPS) is 14.3. The van der Waals surface area contributed by atoms with E-state index in [0.717, 1.165) is 30.3 Å². The predicted molar refractivity (Wildman–Crippen MR) is 133 cm³/mol. The van der Waals surface area contributed by atoms with Crippen LogP contribution < -0.4 is 14.9 Å². The molecule has 0 aliphatic carbocycles. The summed E-state index contributed by atoms with van der Waals surface area (Å²) in [6.07, 6.45) is 3.61. The first kappa shape index (κ1) is 22.1. The maximum atomic E-state index is 12.7. The van der Waals surface area contributed by atoms with Gasteiger partial charge in [-0.15, -0.1) is 0 Å². The van der Waals surface area contributed by atoms with E-state index in [0.29, 0.717) is 28.3 Å². The van der Waals surface area contributed by atoms with E-state index in [9.17, 15) is 8.42 Å². The van der Waals surface area contributed by atoms with Crippen molar-refractivity contribution >= 4 is 44.1 Å². The van der Waals surface area contributed by atoms with Gasteiger partial charge < -0.3 is 14.7 Å². The maximum absolute atomic E-state index is 12.7. The van der Waals surface area contributed by atoms with Crippen molar-refractivity contribution in [3.05, 3.63) is 66.0 Å². The summed E-state index contributed by atoms with van der Waals surface area (Å²) in [5, 5.41) is 7.82. The number of rotatable bonds is 7. The summed E-state index contributed by atoms with van der Waals surface area (Å²) < 4.78 is 33.2. The van der Waals surface area contributed by atoms with E-state index in [2.05, 4.69) is 30.1 Å². The molecule has 10 heteroatoms. The number of fused-ring (bicyclic) bond motifs is 1. The van der Waals surface area contributed by atoms with Crippen LogP contribution in [-0.2, 0) is 15.8 Å². The van der Waals surface area contributed by atoms with E-state index in [1.165, 1.54) is 19.3 Å². The van der Waals surface area contributed by atoms with E-state index in [4.69, 9.17) is 4.52 Å². The molecule has 0 saturated carbocycles.